The van der Waals surface area contributed by atoms with E-state index in [1.54, 1.807) is 0 Å². The smallest absolute Gasteiger partial charge is 0.244 e. The molecule has 1 aromatic rings. The SMILES string of the molecule is NC(=O)CNS(=O)(=O)c1cc(Cl)c(Br)c(N)c1F. The maximum absolute atomic E-state index is 13.7. The molecule has 5 N–H and O–H groups in total. The van der Waals surface area contributed by atoms with Crippen molar-refractivity contribution in [3.05, 3.63) is 21.4 Å². The molecule has 0 saturated heterocycles. The van der Waals surface area contributed by atoms with Gasteiger partial charge >= 0.3 is 0 Å². The number of nitrogens with two attached hydrogens (primary N) is 2. The molecule has 18 heavy (non-hydrogen) atoms. The summed E-state index contributed by atoms with van der Waals surface area (Å²) in [6, 6.07) is 0.876. The van der Waals surface area contributed by atoms with Gasteiger partial charge in [0.15, 0.2) is 5.82 Å². The number of carbonyl (C=O) groups excluding carboxylic acids is 1. The number of benzene rings is 1. The predicted molar refractivity (Wildman–Crippen MR) is 67.9 cm³/mol. The summed E-state index contributed by atoms with van der Waals surface area (Å²) in [6.07, 6.45) is 0. The molecule has 0 radical (unpaired) electrons. The van der Waals surface area contributed by atoms with E-state index in [9.17, 15) is 17.6 Å². The Labute approximate surface area is 116 Å². The third kappa shape index (κ3) is 3.10. The van der Waals surface area contributed by atoms with Crippen molar-refractivity contribution in [2.75, 3.05) is 12.3 Å². The number of halogens is 3. The Balaban J connectivity index is 3.29. The molecule has 1 rings (SSSR count). The summed E-state index contributed by atoms with van der Waals surface area (Å²) in [4.78, 5) is 9.74. The minimum atomic E-state index is -4.26. The van der Waals surface area contributed by atoms with Gasteiger partial charge in [0.1, 0.15) is 4.90 Å². The molecule has 0 aliphatic heterocycles. The van der Waals surface area contributed by atoms with E-state index in [2.05, 4.69) is 15.9 Å². The largest absolute Gasteiger partial charge is 0.395 e. The van der Waals surface area contributed by atoms with E-state index < -0.39 is 38.9 Å². The Bertz CT molecular complexity index is 608. The van der Waals surface area contributed by atoms with E-state index in [0.717, 1.165) is 6.07 Å². The van der Waals surface area contributed by atoms with Gasteiger partial charge in [-0.2, -0.15) is 0 Å². The van der Waals surface area contributed by atoms with Crippen LogP contribution in [0.4, 0.5) is 10.1 Å². The van der Waals surface area contributed by atoms with Gasteiger partial charge in [0.2, 0.25) is 15.9 Å². The number of sulfonamides is 1. The lowest BCUT2D eigenvalue weighted by molar-refractivity contribution is -0.116. The fourth-order valence-electron chi connectivity index (χ4n) is 1.04. The molecular weight excluding hydrogens is 353 g/mol. The fraction of sp³-hybridized carbons (Fsp3) is 0.125. The molecule has 0 aliphatic rings. The van der Waals surface area contributed by atoms with Gasteiger partial charge in [-0.3, -0.25) is 4.79 Å². The van der Waals surface area contributed by atoms with Gasteiger partial charge in [0.25, 0.3) is 0 Å². The van der Waals surface area contributed by atoms with Crippen LogP contribution in [-0.4, -0.2) is 20.9 Å². The molecule has 6 nitrogen and oxygen atoms in total. The Morgan fingerprint density at radius 2 is 2.11 bits per heavy atom. The van der Waals surface area contributed by atoms with Crippen molar-refractivity contribution in [1.82, 2.24) is 4.72 Å². The van der Waals surface area contributed by atoms with Crippen LogP contribution in [0.15, 0.2) is 15.4 Å². The highest BCUT2D eigenvalue weighted by Crippen LogP contribution is 2.34. The number of anilines is 1. The third-order valence-corrected chi connectivity index (χ3v) is 4.66. The summed E-state index contributed by atoms with van der Waals surface area (Å²) in [6.45, 7) is -0.657. The number of nitrogen functional groups attached to an aromatic ring is 1. The molecule has 0 aliphatic carbocycles. The number of nitrogens with one attached hydrogen (secondary N) is 1. The first-order valence-corrected chi connectivity index (χ1v) is 7.03. The highest BCUT2D eigenvalue weighted by Gasteiger charge is 2.24. The summed E-state index contributed by atoms with van der Waals surface area (Å²) in [5.74, 6) is -2.07. The molecule has 0 heterocycles. The van der Waals surface area contributed by atoms with Crippen LogP contribution < -0.4 is 16.2 Å². The van der Waals surface area contributed by atoms with Gasteiger partial charge in [-0.1, -0.05) is 11.6 Å². The van der Waals surface area contributed by atoms with E-state index in [4.69, 9.17) is 23.1 Å². The van der Waals surface area contributed by atoms with Crippen LogP contribution in [0.25, 0.3) is 0 Å². The zero-order chi connectivity index (χ0) is 14.1. The van der Waals surface area contributed by atoms with Crippen LogP contribution in [0.5, 0.6) is 0 Å². The second-order valence-electron chi connectivity index (χ2n) is 3.19. The molecule has 1 amide bonds. The van der Waals surface area contributed by atoms with Gasteiger partial charge < -0.3 is 11.5 Å². The van der Waals surface area contributed by atoms with Crippen molar-refractivity contribution >= 4 is 49.1 Å². The molecule has 0 unspecified atom stereocenters. The van der Waals surface area contributed by atoms with Crippen LogP contribution in [0.2, 0.25) is 5.02 Å². The Morgan fingerprint density at radius 1 is 1.56 bits per heavy atom. The summed E-state index contributed by atoms with van der Waals surface area (Å²) < 4.78 is 39.0. The highest BCUT2D eigenvalue weighted by atomic mass is 79.9. The van der Waals surface area contributed by atoms with Gasteiger partial charge in [0.05, 0.1) is 21.7 Å². The number of primary amides is 1. The van der Waals surface area contributed by atoms with Crippen molar-refractivity contribution in [3.63, 3.8) is 0 Å². The normalized spacial score (nSPS) is 11.5. The average molecular weight is 361 g/mol. The van der Waals surface area contributed by atoms with Crippen molar-refractivity contribution < 1.29 is 17.6 Å². The van der Waals surface area contributed by atoms with Gasteiger partial charge in [0, 0.05) is 0 Å². The van der Waals surface area contributed by atoms with Crippen molar-refractivity contribution in [2.45, 2.75) is 4.90 Å². The minimum absolute atomic E-state index is 0.0514. The number of amides is 1. The average Bonchev–Trinajstić information content (AvgIpc) is 2.28. The maximum atomic E-state index is 13.7. The van der Waals surface area contributed by atoms with E-state index in [0.29, 0.717) is 0 Å². The molecule has 1 aromatic carbocycles. The number of hydrogen-bond acceptors (Lipinski definition) is 4. The second kappa shape index (κ2) is 5.39. The molecule has 0 aromatic heterocycles. The van der Waals surface area contributed by atoms with Gasteiger partial charge in [-0.05, 0) is 22.0 Å². The highest BCUT2D eigenvalue weighted by molar-refractivity contribution is 9.10. The van der Waals surface area contributed by atoms with Crippen LogP contribution in [0, 0.1) is 5.82 Å². The van der Waals surface area contributed by atoms with Crippen molar-refractivity contribution in [3.8, 4) is 0 Å². The predicted octanol–water partition coefficient (Wildman–Crippen LogP) is 0.587. The van der Waals surface area contributed by atoms with E-state index >= 15 is 0 Å². The number of carbonyl (C=O) groups is 1. The zero-order valence-electron chi connectivity index (χ0n) is 8.71. The maximum Gasteiger partial charge on any atom is 0.244 e. The van der Waals surface area contributed by atoms with Crippen molar-refractivity contribution in [2.24, 2.45) is 5.73 Å². The lowest BCUT2D eigenvalue weighted by Crippen LogP contribution is -2.33. The van der Waals surface area contributed by atoms with E-state index in [1.165, 1.54) is 0 Å². The topological polar surface area (TPSA) is 115 Å². The monoisotopic (exact) mass is 359 g/mol. The van der Waals surface area contributed by atoms with Crippen LogP contribution in [-0.2, 0) is 14.8 Å². The quantitative estimate of drug-likeness (QED) is 0.538. The summed E-state index contributed by atoms with van der Waals surface area (Å²) in [5.41, 5.74) is 9.69. The van der Waals surface area contributed by atoms with E-state index in [-0.39, 0.29) is 9.50 Å². The Morgan fingerprint density at radius 3 is 2.61 bits per heavy atom. The zero-order valence-corrected chi connectivity index (χ0v) is 11.9. The van der Waals surface area contributed by atoms with E-state index in [1.807, 2.05) is 4.72 Å². The Hall–Kier alpha value is -0.900. The van der Waals surface area contributed by atoms with Crippen molar-refractivity contribution in [1.29, 1.82) is 0 Å². The Kier molecular flexibility index (Phi) is 4.54. The molecule has 0 spiro atoms. The molecular formula is C8H8BrClFN3O3S. The first-order chi connectivity index (χ1) is 8.16. The lowest BCUT2D eigenvalue weighted by Gasteiger charge is -2.10. The molecule has 0 fully saturated rings. The summed E-state index contributed by atoms with van der Waals surface area (Å²) in [5, 5.41) is -0.0756. The number of hydrogen-bond donors (Lipinski definition) is 3. The minimum Gasteiger partial charge on any atom is -0.395 e. The molecule has 0 saturated carbocycles. The molecule has 0 atom stereocenters. The van der Waals surface area contributed by atoms with Crippen LogP contribution in [0.3, 0.4) is 0 Å². The van der Waals surface area contributed by atoms with Crippen LogP contribution >= 0.6 is 27.5 Å². The lowest BCUT2D eigenvalue weighted by atomic mass is 10.3. The molecule has 100 valence electrons. The summed E-state index contributed by atoms with van der Waals surface area (Å²) in [7, 11) is -4.26. The molecule has 0 bridgehead atoms. The van der Waals surface area contributed by atoms with Gasteiger partial charge in [-0.15, -0.1) is 0 Å². The second-order valence-corrected chi connectivity index (χ2v) is 6.12. The summed E-state index contributed by atoms with van der Waals surface area (Å²) >= 11 is 8.59. The fourth-order valence-corrected chi connectivity index (χ4v) is 2.71. The van der Waals surface area contributed by atoms with Crippen LogP contribution in [0.1, 0.15) is 0 Å². The van der Waals surface area contributed by atoms with Gasteiger partial charge in [-0.25, -0.2) is 17.5 Å². The third-order valence-electron chi connectivity index (χ3n) is 1.88. The standard InChI is InChI=1S/C8H8BrClFN3O3S/c9-6-3(10)1-4(7(11)8(6)13)18(16,17)14-2-5(12)15/h1,14H,2,13H2,(H2,12,15). The number of rotatable bonds is 4. The molecule has 10 heteroatoms. The first-order valence-electron chi connectivity index (χ1n) is 4.37. The first kappa shape index (κ1) is 15.2.